The minimum atomic E-state index is 0.467. The Kier molecular flexibility index (Phi) is 1.73. The van der Waals surface area contributed by atoms with Crippen LogP contribution in [0, 0.1) is 5.41 Å². The van der Waals surface area contributed by atoms with Gasteiger partial charge >= 0.3 is 6.01 Å². The second-order valence-electron chi connectivity index (χ2n) is 4.32. The Morgan fingerprint density at radius 2 is 2.50 bits per heavy atom. The molecule has 0 amide bonds. The lowest BCUT2D eigenvalue weighted by molar-refractivity contribution is 0.367. The first kappa shape index (κ1) is 8.23. The number of nitrogens with zero attached hydrogens (tertiary/aromatic N) is 3. The Labute approximate surface area is 82.5 Å². The molecular weight excluding hydrogens is 180 g/mol. The minimum absolute atomic E-state index is 0.467. The van der Waals surface area contributed by atoms with Crippen molar-refractivity contribution in [3.8, 4) is 0 Å². The standard InChI is InChI=1S/C9H14N4O/c1-3-10-5-9(1)2-4-13(6-9)8-12-11-7-14-8/h7,10H,1-6H2. The summed E-state index contributed by atoms with van der Waals surface area (Å²) in [6, 6.07) is 0.675. The van der Waals surface area contributed by atoms with Gasteiger partial charge in [0.05, 0.1) is 0 Å². The molecule has 0 aliphatic carbocycles. The SMILES string of the molecule is c1nnc(N2CCC3(CCNC3)C2)o1. The van der Waals surface area contributed by atoms with Crippen molar-refractivity contribution in [1.82, 2.24) is 15.5 Å². The van der Waals surface area contributed by atoms with E-state index in [1.165, 1.54) is 19.2 Å². The minimum Gasteiger partial charge on any atom is -0.411 e. The maximum absolute atomic E-state index is 5.20. The van der Waals surface area contributed by atoms with Gasteiger partial charge in [0.25, 0.3) is 0 Å². The van der Waals surface area contributed by atoms with Gasteiger partial charge in [-0.25, -0.2) is 0 Å². The van der Waals surface area contributed by atoms with E-state index < -0.39 is 0 Å². The summed E-state index contributed by atoms with van der Waals surface area (Å²) in [4.78, 5) is 2.19. The molecule has 14 heavy (non-hydrogen) atoms. The number of anilines is 1. The van der Waals surface area contributed by atoms with Gasteiger partial charge in [0.2, 0.25) is 6.39 Å². The van der Waals surface area contributed by atoms with Gasteiger partial charge in [-0.3, -0.25) is 0 Å². The molecule has 1 aromatic rings. The third-order valence-corrected chi connectivity index (χ3v) is 3.39. The lowest BCUT2D eigenvalue weighted by atomic mass is 9.87. The molecule has 2 fully saturated rings. The van der Waals surface area contributed by atoms with Crippen molar-refractivity contribution >= 4 is 6.01 Å². The van der Waals surface area contributed by atoms with E-state index in [0.717, 1.165) is 26.2 Å². The highest BCUT2D eigenvalue weighted by Crippen LogP contribution is 2.37. The average molecular weight is 194 g/mol. The lowest BCUT2D eigenvalue weighted by Crippen LogP contribution is -2.29. The van der Waals surface area contributed by atoms with Crippen molar-refractivity contribution in [2.24, 2.45) is 5.41 Å². The highest BCUT2D eigenvalue weighted by atomic mass is 16.4. The first-order chi connectivity index (χ1) is 6.88. The fourth-order valence-electron chi connectivity index (χ4n) is 2.55. The van der Waals surface area contributed by atoms with E-state index >= 15 is 0 Å². The van der Waals surface area contributed by atoms with Crippen LogP contribution in [0.1, 0.15) is 12.8 Å². The lowest BCUT2D eigenvalue weighted by Gasteiger charge is -2.21. The molecule has 1 N–H and O–H groups in total. The summed E-state index contributed by atoms with van der Waals surface area (Å²) in [5.74, 6) is 0. The van der Waals surface area contributed by atoms with E-state index in [4.69, 9.17) is 4.42 Å². The van der Waals surface area contributed by atoms with E-state index in [0.29, 0.717) is 11.4 Å². The van der Waals surface area contributed by atoms with Crippen molar-refractivity contribution in [2.75, 3.05) is 31.1 Å². The average Bonchev–Trinajstić information content (AvgIpc) is 2.91. The third kappa shape index (κ3) is 1.19. The Hall–Kier alpha value is -1.10. The van der Waals surface area contributed by atoms with Crippen LogP contribution in [0.25, 0.3) is 0 Å². The summed E-state index contributed by atoms with van der Waals surface area (Å²) in [7, 11) is 0. The van der Waals surface area contributed by atoms with Gasteiger partial charge in [-0.2, -0.15) is 0 Å². The smallest absolute Gasteiger partial charge is 0.317 e. The predicted octanol–water partition coefficient (Wildman–Crippen LogP) is 0.259. The largest absolute Gasteiger partial charge is 0.411 e. The first-order valence-electron chi connectivity index (χ1n) is 5.10. The third-order valence-electron chi connectivity index (χ3n) is 3.39. The van der Waals surface area contributed by atoms with Gasteiger partial charge in [-0.05, 0) is 19.4 Å². The van der Waals surface area contributed by atoms with Gasteiger partial charge in [-0.15, -0.1) is 5.10 Å². The van der Waals surface area contributed by atoms with Crippen molar-refractivity contribution in [3.63, 3.8) is 0 Å². The van der Waals surface area contributed by atoms with Gasteiger partial charge in [-0.1, -0.05) is 5.10 Å². The topological polar surface area (TPSA) is 54.2 Å². The first-order valence-corrected chi connectivity index (χ1v) is 5.10. The van der Waals surface area contributed by atoms with Crippen LogP contribution in [-0.2, 0) is 0 Å². The van der Waals surface area contributed by atoms with Crippen LogP contribution in [0.2, 0.25) is 0 Å². The highest BCUT2D eigenvalue weighted by molar-refractivity contribution is 5.28. The molecule has 3 rings (SSSR count). The normalized spacial score (nSPS) is 31.9. The van der Waals surface area contributed by atoms with Crippen LogP contribution >= 0.6 is 0 Å². The van der Waals surface area contributed by atoms with E-state index in [9.17, 15) is 0 Å². The molecule has 0 aromatic carbocycles. The van der Waals surface area contributed by atoms with Crippen molar-refractivity contribution in [2.45, 2.75) is 12.8 Å². The van der Waals surface area contributed by atoms with Gasteiger partial charge in [0.15, 0.2) is 0 Å². The van der Waals surface area contributed by atoms with Crippen molar-refractivity contribution in [1.29, 1.82) is 0 Å². The summed E-state index contributed by atoms with van der Waals surface area (Å²) in [6.45, 7) is 4.39. The van der Waals surface area contributed by atoms with Crippen molar-refractivity contribution in [3.05, 3.63) is 6.39 Å². The van der Waals surface area contributed by atoms with E-state index in [2.05, 4.69) is 20.4 Å². The zero-order valence-corrected chi connectivity index (χ0v) is 8.07. The monoisotopic (exact) mass is 194 g/mol. The Balaban J connectivity index is 1.75. The fourth-order valence-corrected chi connectivity index (χ4v) is 2.55. The van der Waals surface area contributed by atoms with Gasteiger partial charge in [0.1, 0.15) is 0 Å². The quantitative estimate of drug-likeness (QED) is 0.695. The van der Waals surface area contributed by atoms with E-state index in [1.54, 1.807) is 0 Å². The summed E-state index contributed by atoms with van der Waals surface area (Å²) < 4.78 is 5.20. The van der Waals surface area contributed by atoms with Crippen LogP contribution in [0.3, 0.4) is 0 Å². The fraction of sp³-hybridized carbons (Fsp3) is 0.778. The molecule has 3 heterocycles. The molecule has 5 heteroatoms. The summed E-state index contributed by atoms with van der Waals surface area (Å²) in [6.07, 6.45) is 3.91. The van der Waals surface area contributed by atoms with Crippen LogP contribution in [0.4, 0.5) is 6.01 Å². The number of rotatable bonds is 1. The van der Waals surface area contributed by atoms with Crippen LogP contribution < -0.4 is 10.2 Å². The second-order valence-corrected chi connectivity index (χ2v) is 4.32. The molecule has 0 bridgehead atoms. The molecule has 5 nitrogen and oxygen atoms in total. The van der Waals surface area contributed by atoms with Crippen LogP contribution in [-0.4, -0.2) is 36.4 Å². The van der Waals surface area contributed by atoms with Gasteiger partial charge < -0.3 is 14.6 Å². The molecule has 2 aliphatic rings. The molecule has 1 atom stereocenters. The number of hydrogen-bond acceptors (Lipinski definition) is 5. The molecule has 2 saturated heterocycles. The summed E-state index contributed by atoms with van der Waals surface area (Å²) >= 11 is 0. The molecule has 0 saturated carbocycles. The molecule has 1 unspecified atom stereocenters. The van der Waals surface area contributed by atoms with Crippen molar-refractivity contribution < 1.29 is 4.42 Å². The maximum Gasteiger partial charge on any atom is 0.317 e. The second kappa shape index (κ2) is 2.95. The molecule has 76 valence electrons. The van der Waals surface area contributed by atoms with Gasteiger partial charge in [0, 0.05) is 25.0 Å². The Morgan fingerprint density at radius 3 is 3.21 bits per heavy atom. The number of aromatic nitrogens is 2. The highest BCUT2D eigenvalue weighted by Gasteiger charge is 2.41. The summed E-state index contributed by atoms with van der Waals surface area (Å²) in [5, 5.41) is 11.1. The Bertz CT molecular complexity index is 305. The Morgan fingerprint density at radius 1 is 1.50 bits per heavy atom. The van der Waals surface area contributed by atoms with E-state index in [1.807, 2.05) is 0 Å². The molecule has 1 aromatic heterocycles. The summed E-state index contributed by atoms with van der Waals surface area (Å²) in [5.41, 5.74) is 0.467. The molecule has 0 radical (unpaired) electrons. The zero-order valence-electron chi connectivity index (χ0n) is 8.07. The zero-order chi connectivity index (χ0) is 9.43. The predicted molar refractivity (Wildman–Crippen MR) is 51.0 cm³/mol. The molecule has 2 aliphatic heterocycles. The molecule has 1 spiro atoms. The number of hydrogen-bond donors (Lipinski definition) is 1. The maximum atomic E-state index is 5.20. The van der Waals surface area contributed by atoms with E-state index in [-0.39, 0.29) is 0 Å². The number of nitrogens with one attached hydrogen (secondary N) is 1. The van der Waals surface area contributed by atoms with Crippen LogP contribution in [0.5, 0.6) is 0 Å². The van der Waals surface area contributed by atoms with Crippen LogP contribution in [0.15, 0.2) is 10.8 Å². The molecular formula is C9H14N4O.